The van der Waals surface area contributed by atoms with Gasteiger partial charge in [0.15, 0.2) is 0 Å². The third kappa shape index (κ3) is 2.59. The van der Waals surface area contributed by atoms with Gasteiger partial charge in [0.05, 0.1) is 0 Å². The van der Waals surface area contributed by atoms with Crippen LogP contribution in [0, 0.1) is 0 Å². The Balaban J connectivity index is 3.02. The van der Waals surface area contributed by atoms with Crippen LogP contribution in [-0.2, 0) is 8.85 Å². The Morgan fingerprint density at radius 1 is 1.13 bits per heavy atom. The van der Waals surface area contributed by atoms with Gasteiger partial charge in [-0.1, -0.05) is 25.5 Å². The Hall–Kier alpha value is -0.843. The van der Waals surface area contributed by atoms with Crippen LogP contribution in [0.3, 0.4) is 0 Å². The lowest BCUT2D eigenvalue weighted by Crippen LogP contribution is -2.52. The highest BCUT2D eigenvalue weighted by molar-refractivity contribution is 6.81. The van der Waals surface area contributed by atoms with Crippen LogP contribution in [0.2, 0.25) is 6.04 Å². The molecule has 84 valence electrons. The van der Waals surface area contributed by atoms with E-state index in [4.69, 9.17) is 8.85 Å². The second-order valence-corrected chi connectivity index (χ2v) is 6.86. The van der Waals surface area contributed by atoms with E-state index in [2.05, 4.69) is 6.92 Å². The lowest BCUT2D eigenvalue weighted by molar-refractivity contribution is 0.257. The number of phenols is 1. The van der Waals surface area contributed by atoms with Crippen molar-refractivity contribution in [2.24, 2.45) is 0 Å². The highest BCUT2D eigenvalue weighted by Gasteiger charge is 2.36. The van der Waals surface area contributed by atoms with E-state index in [0.717, 1.165) is 17.7 Å². The van der Waals surface area contributed by atoms with Crippen LogP contribution in [0.5, 0.6) is 5.75 Å². The molecule has 1 aromatic rings. The van der Waals surface area contributed by atoms with E-state index in [-0.39, 0.29) is 5.75 Å². The second kappa shape index (κ2) is 5.30. The average Bonchev–Trinajstić information content (AvgIpc) is 2.27. The van der Waals surface area contributed by atoms with Gasteiger partial charge in [0.25, 0.3) is 0 Å². The van der Waals surface area contributed by atoms with Crippen LogP contribution in [0.25, 0.3) is 0 Å². The Labute approximate surface area is 91.9 Å². The molecule has 0 fully saturated rings. The minimum atomic E-state index is -2.25. The first-order valence-corrected chi connectivity index (χ1v) is 7.10. The SMILES string of the molecule is CCC[Si](OC)(OC)c1ccc(O)cc1. The van der Waals surface area contributed by atoms with Crippen molar-refractivity contribution >= 4 is 13.7 Å². The molecule has 0 heterocycles. The van der Waals surface area contributed by atoms with E-state index in [1.165, 1.54) is 0 Å². The number of aromatic hydroxyl groups is 1. The van der Waals surface area contributed by atoms with E-state index < -0.39 is 8.56 Å². The van der Waals surface area contributed by atoms with Gasteiger partial charge in [-0.25, -0.2) is 0 Å². The summed E-state index contributed by atoms with van der Waals surface area (Å²) >= 11 is 0. The van der Waals surface area contributed by atoms with Gasteiger partial charge >= 0.3 is 8.56 Å². The predicted octanol–water partition coefficient (Wildman–Crippen LogP) is 1.74. The Kier molecular flexibility index (Phi) is 4.32. The summed E-state index contributed by atoms with van der Waals surface area (Å²) in [6.45, 7) is 2.11. The number of hydrogen-bond acceptors (Lipinski definition) is 3. The molecule has 1 rings (SSSR count). The number of phenolic OH excluding ortho intramolecular Hbond substituents is 1. The number of benzene rings is 1. The van der Waals surface area contributed by atoms with Crippen molar-refractivity contribution < 1.29 is 14.0 Å². The first kappa shape index (κ1) is 12.2. The van der Waals surface area contributed by atoms with Gasteiger partial charge in [-0.3, -0.25) is 0 Å². The van der Waals surface area contributed by atoms with Crippen molar-refractivity contribution in [2.75, 3.05) is 14.2 Å². The van der Waals surface area contributed by atoms with Gasteiger partial charge in [0, 0.05) is 14.2 Å². The molecular weight excluding hydrogens is 208 g/mol. The largest absolute Gasteiger partial charge is 0.508 e. The standard InChI is InChI=1S/C11H18O3Si/c1-4-9-15(13-2,14-3)11-7-5-10(12)6-8-11/h5-8,12H,4,9H2,1-3H3. The van der Waals surface area contributed by atoms with Crippen LogP contribution >= 0.6 is 0 Å². The molecule has 0 saturated carbocycles. The Morgan fingerprint density at radius 3 is 2.07 bits per heavy atom. The van der Waals surface area contributed by atoms with Crippen LogP contribution in [0.1, 0.15) is 13.3 Å². The van der Waals surface area contributed by atoms with E-state index in [1.54, 1.807) is 26.4 Å². The lowest BCUT2D eigenvalue weighted by Gasteiger charge is -2.27. The van der Waals surface area contributed by atoms with Crippen molar-refractivity contribution in [3.63, 3.8) is 0 Å². The first-order valence-electron chi connectivity index (χ1n) is 5.08. The Bertz CT molecular complexity index is 293. The van der Waals surface area contributed by atoms with Gasteiger partial charge < -0.3 is 14.0 Å². The molecule has 0 aliphatic rings. The molecule has 0 bridgehead atoms. The molecule has 0 amide bonds. The molecule has 4 heteroatoms. The van der Waals surface area contributed by atoms with E-state index >= 15 is 0 Å². The number of hydrogen-bond donors (Lipinski definition) is 1. The smallest absolute Gasteiger partial charge is 0.371 e. The molecule has 1 N–H and O–H groups in total. The molecule has 0 atom stereocenters. The van der Waals surface area contributed by atoms with Crippen molar-refractivity contribution in [1.82, 2.24) is 0 Å². The van der Waals surface area contributed by atoms with Crippen molar-refractivity contribution in [1.29, 1.82) is 0 Å². The first-order chi connectivity index (χ1) is 7.18. The Morgan fingerprint density at radius 2 is 1.67 bits per heavy atom. The highest BCUT2D eigenvalue weighted by Crippen LogP contribution is 2.16. The molecule has 0 spiro atoms. The molecule has 0 saturated heterocycles. The van der Waals surface area contributed by atoms with Crippen LogP contribution in [0.4, 0.5) is 0 Å². The predicted molar refractivity (Wildman–Crippen MR) is 62.6 cm³/mol. The molecular formula is C11H18O3Si. The van der Waals surface area contributed by atoms with Crippen molar-refractivity contribution in [3.05, 3.63) is 24.3 Å². The lowest BCUT2D eigenvalue weighted by atomic mass is 10.3. The zero-order chi connectivity index (χ0) is 11.3. The second-order valence-electron chi connectivity index (χ2n) is 3.46. The van der Waals surface area contributed by atoms with Gasteiger partial charge in [-0.2, -0.15) is 0 Å². The normalized spacial score (nSPS) is 11.7. The molecule has 0 aliphatic carbocycles. The third-order valence-corrected chi connectivity index (χ3v) is 6.24. The third-order valence-electron chi connectivity index (χ3n) is 2.55. The fourth-order valence-corrected chi connectivity index (χ4v) is 4.38. The summed E-state index contributed by atoms with van der Waals surface area (Å²) in [5, 5.41) is 10.3. The van der Waals surface area contributed by atoms with Gasteiger partial charge in [0.1, 0.15) is 5.75 Å². The molecule has 3 nitrogen and oxygen atoms in total. The fourth-order valence-electron chi connectivity index (χ4n) is 1.71. The van der Waals surface area contributed by atoms with Crippen LogP contribution in [-0.4, -0.2) is 27.9 Å². The van der Waals surface area contributed by atoms with Crippen molar-refractivity contribution in [3.8, 4) is 5.75 Å². The highest BCUT2D eigenvalue weighted by atomic mass is 28.4. The summed E-state index contributed by atoms with van der Waals surface area (Å²) in [5.74, 6) is 0.269. The maximum atomic E-state index is 9.23. The van der Waals surface area contributed by atoms with Gasteiger partial charge in [-0.05, 0) is 23.4 Å². The molecule has 1 aromatic carbocycles. The molecule has 0 aromatic heterocycles. The van der Waals surface area contributed by atoms with Crippen LogP contribution in [0.15, 0.2) is 24.3 Å². The molecule has 0 aliphatic heterocycles. The summed E-state index contributed by atoms with van der Waals surface area (Å²) in [5.41, 5.74) is 0. The zero-order valence-corrected chi connectivity index (χ0v) is 10.5. The van der Waals surface area contributed by atoms with Gasteiger partial charge in [0.2, 0.25) is 0 Å². The van der Waals surface area contributed by atoms with Crippen LogP contribution < -0.4 is 5.19 Å². The maximum absolute atomic E-state index is 9.23. The topological polar surface area (TPSA) is 38.7 Å². The fraction of sp³-hybridized carbons (Fsp3) is 0.455. The monoisotopic (exact) mass is 226 g/mol. The van der Waals surface area contributed by atoms with E-state index in [0.29, 0.717) is 0 Å². The quantitative estimate of drug-likeness (QED) is 0.777. The summed E-state index contributed by atoms with van der Waals surface area (Å²) in [6, 6.07) is 8.02. The molecule has 0 radical (unpaired) electrons. The minimum Gasteiger partial charge on any atom is -0.508 e. The van der Waals surface area contributed by atoms with Gasteiger partial charge in [-0.15, -0.1) is 0 Å². The van der Waals surface area contributed by atoms with E-state index in [9.17, 15) is 5.11 Å². The summed E-state index contributed by atoms with van der Waals surface area (Å²) in [7, 11) is 1.13. The van der Waals surface area contributed by atoms with Crippen molar-refractivity contribution in [2.45, 2.75) is 19.4 Å². The summed E-state index contributed by atoms with van der Waals surface area (Å²) in [4.78, 5) is 0. The average molecular weight is 226 g/mol. The molecule has 0 unspecified atom stereocenters. The number of rotatable bonds is 5. The molecule has 15 heavy (non-hydrogen) atoms. The minimum absolute atomic E-state index is 0.269. The summed E-state index contributed by atoms with van der Waals surface area (Å²) < 4.78 is 11.2. The van der Waals surface area contributed by atoms with E-state index in [1.807, 2.05) is 12.1 Å². The maximum Gasteiger partial charge on any atom is 0.371 e. The zero-order valence-electron chi connectivity index (χ0n) is 9.49. The summed E-state index contributed by atoms with van der Waals surface area (Å²) in [6.07, 6.45) is 1.02.